The Morgan fingerprint density at radius 1 is 1.10 bits per heavy atom. The molecule has 2 aromatic carbocycles. The normalized spacial score (nSPS) is 18.3. The molecule has 0 radical (unpaired) electrons. The Balaban J connectivity index is 1.50. The van der Waals surface area contributed by atoms with E-state index in [2.05, 4.69) is 44.5 Å². The quantitative estimate of drug-likeness (QED) is 0.560. The summed E-state index contributed by atoms with van der Waals surface area (Å²) in [4.78, 5) is 14.8. The molecule has 1 unspecified atom stereocenters. The highest BCUT2D eigenvalue weighted by Gasteiger charge is 2.31. The molecule has 1 saturated heterocycles. The van der Waals surface area contributed by atoms with Crippen molar-refractivity contribution in [2.75, 3.05) is 24.2 Å². The molecule has 2 heterocycles. The Morgan fingerprint density at radius 2 is 1.90 bits per heavy atom. The van der Waals surface area contributed by atoms with Crippen LogP contribution in [0.2, 0.25) is 0 Å². The average Bonchev–Trinajstić information content (AvgIpc) is 3.18. The molecule has 4 N–H and O–H groups in total. The molecule has 1 aromatic heterocycles. The maximum absolute atomic E-state index is 5.99. The molecule has 1 aliphatic heterocycles. The maximum atomic E-state index is 5.99. The van der Waals surface area contributed by atoms with E-state index in [0.717, 1.165) is 30.0 Å². The highest BCUT2D eigenvalue weighted by Crippen LogP contribution is 2.23. The number of benzene rings is 2. The van der Waals surface area contributed by atoms with Crippen molar-refractivity contribution in [3.05, 3.63) is 65.5 Å². The minimum absolute atomic E-state index is 0.243. The van der Waals surface area contributed by atoms with Gasteiger partial charge in [0.05, 0.1) is 13.2 Å². The minimum atomic E-state index is 0.243. The van der Waals surface area contributed by atoms with E-state index < -0.39 is 0 Å². The van der Waals surface area contributed by atoms with Gasteiger partial charge in [-0.15, -0.1) is 0 Å². The molecule has 1 fully saturated rings. The highest BCUT2D eigenvalue weighted by molar-refractivity contribution is 5.58. The standard InChI is InChI=1S/C23H28N6O/c1-3-30-18-12-10-17(11-13-18)20-9-6-14-29(20)15-21-26-22(24)28-23(27-21)25-19-8-5-4-7-16(19)2/h4-5,7-8,10-13,20H,3,6,9,14-15H2,1-2H3,(H3,24,25,26,27,28)/p+1/t20-/m1/s1. The number of para-hydroxylation sites is 1. The van der Waals surface area contributed by atoms with Crippen LogP contribution < -0.4 is 20.7 Å². The Hall–Kier alpha value is -3.19. The van der Waals surface area contributed by atoms with Crippen molar-refractivity contribution in [3.63, 3.8) is 0 Å². The van der Waals surface area contributed by atoms with Crippen LogP contribution in [-0.2, 0) is 6.54 Å². The zero-order valence-corrected chi connectivity index (χ0v) is 17.6. The topological polar surface area (TPSA) is 90.4 Å². The molecule has 4 rings (SSSR count). The fraction of sp³-hybridized carbons (Fsp3) is 0.348. The first kappa shape index (κ1) is 20.1. The summed E-state index contributed by atoms with van der Waals surface area (Å²) in [6.07, 6.45) is 2.33. The Morgan fingerprint density at radius 3 is 2.67 bits per heavy atom. The molecule has 0 amide bonds. The molecule has 1 aliphatic rings. The van der Waals surface area contributed by atoms with Gasteiger partial charge in [-0.1, -0.05) is 18.2 Å². The predicted octanol–water partition coefficient (Wildman–Crippen LogP) is 2.82. The lowest BCUT2D eigenvalue weighted by Gasteiger charge is -2.21. The van der Waals surface area contributed by atoms with Gasteiger partial charge in [0, 0.05) is 24.1 Å². The van der Waals surface area contributed by atoms with Crippen LogP contribution in [0.15, 0.2) is 48.5 Å². The molecular formula is C23H29N6O+. The van der Waals surface area contributed by atoms with Crippen molar-refractivity contribution >= 4 is 17.6 Å². The van der Waals surface area contributed by atoms with E-state index in [-0.39, 0.29) is 5.95 Å². The molecule has 0 spiro atoms. The van der Waals surface area contributed by atoms with Crippen LogP contribution in [0.1, 0.15) is 42.8 Å². The number of hydrogen-bond acceptors (Lipinski definition) is 6. The second-order valence-corrected chi connectivity index (χ2v) is 7.66. The van der Waals surface area contributed by atoms with E-state index in [4.69, 9.17) is 10.5 Å². The summed E-state index contributed by atoms with van der Waals surface area (Å²) in [6.45, 7) is 6.53. The first-order chi connectivity index (χ1) is 14.6. The lowest BCUT2D eigenvalue weighted by Crippen LogP contribution is -3.09. The number of rotatable bonds is 7. The van der Waals surface area contributed by atoms with Gasteiger partial charge in [-0.05, 0) is 49.7 Å². The Labute approximate surface area is 177 Å². The lowest BCUT2D eigenvalue weighted by molar-refractivity contribution is -0.932. The van der Waals surface area contributed by atoms with Gasteiger partial charge in [0.2, 0.25) is 11.9 Å². The third-order valence-corrected chi connectivity index (χ3v) is 5.55. The summed E-state index contributed by atoms with van der Waals surface area (Å²) >= 11 is 0. The van der Waals surface area contributed by atoms with Crippen LogP contribution in [0.5, 0.6) is 5.75 Å². The van der Waals surface area contributed by atoms with Crippen LogP contribution in [0.25, 0.3) is 0 Å². The van der Waals surface area contributed by atoms with Gasteiger partial charge in [0.15, 0.2) is 5.82 Å². The SMILES string of the molecule is CCOc1ccc([C@H]2CCC[NH+]2Cc2nc(N)nc(Nc3ccccc3C)n2)cc1. The van der Waals surface area contributed by atoms with Crippen molar-refractivity contribution < 1.29 is 9.64 Å². The van der Waals surface area contributed by atoms with Gasteiger partial charge in [-0.2, -0.15) is 15.0 Å². The number of nitrogens with zero attached hydrogens (tertiary/aromatic N) is 3. The number of hydrogen-bond donors (Lipinski definition) is 3. The van der Waals surface area contributed by atoms with Crippen molar-refractivity contribution in [2.45, 2.75) is 39.3 Å². The third kappa shape index (κ3) is 4.68. The number of aromatic nitrogens is 3. The fourth-order valence-electron chi connectivity index (χ4n) is 4.10. The Bertz CT molecular complexity index is 991. The third-order valence-electron chi connectivity index (χ3n) is 5.55. The fourth-order valence-corrected chi connectivity index (χ4v) is 4.10. The van der Waals surface area contributed by atoms with Crippen molar-refractivity contribution in [1.29, 1.82) is 0 Å². The summed E-state index contributed by atoms with van der Waals surface area (Å²) in [5.74, 6) is 2.36. The van der Waals surface area contributed by atoms with E-state index >= 15 is 0 Å². The van der Waals surface area contributed by atoms with Gasteiger partial charge >= 0.3 is 0 Å². The molecule has 0 aliphatic carbocycles. The van der Waals surface area contributed by atoms with Crippen molar-refractivity contribution in [3.8, 4) is 5.75 Å². The first-order valence-electron chi connectivity index (χ1n) is 10.5. The van der Waals surface area contributed by atoms with Crippen molar-refractivity contribution in [2.24, 2.45) is 0 Å². The van der Waals surface area contributed by atoms with E-state index in [1.165, 1.54) is 16.9 Å². The highest BCUT2D eigenvalue weighted by atomic mass is 16.5. The van der Waals surface area contributed by atoms with Gasteiger partial charge < -0.3 is 20.7 Å². The summed E-state index contributed by atoms with van der Waals surface area (Å²) in [5, 5.41) is 3.27. The van der Waals surface area contributed by atoms with Crippen LogP contribution in [-0.4, -0.2) is 28.1 Å². The van der Waals surface area contributed by atoms with Crippen LogP contribution in [0, 0.1) is 6.92 Å². The summed E-state index contributed by atoms with van der Waals surface area (Å²) in [5.41, 5.74) is 9.41. The summed E-state index contributed by atoms with van der Waals surface area (Å²) in [7, 11) is 0. The van der Waals surface area contributed by atoms with E-state index in [1.807, 2.05) is 38.1 Å². The van der Waals surface area contributed by atoms with Gasteiger partial charge in [0.1, 0.15) is 18.3 Å². The average molecular weight is 406 g/mol. The van der Waals surface area contributed by atoms with E-state index in [9.17, 15) is 0 Å². The molecule has 0 saturated carbocycles. The van der Waals surface area contributed by atoms with Gasteiger partial charge in [0.25, 0.3) is 0 Å². The number of anilines is 3. The summed E-state index contributed by atoms with van der Waals surface area (Å²) < 4.78 is 5.57. The van der Waals surface area contributed by atoms with Gasteiger partial charge in [-0.25, -0.2) is 0 Å². The molecule has 7 nitrogen and oxygen atoms in total. The minimum Gasteiger partial charge on any atom is -0.494 e. The molecule has 30 heavy (non-hydrogen) atoms. The monoisotopic (exact) mass is 405 g/mol. The maximum Gasteiger partial charge on any atom is 0.232 e. The van der Waals surface area contributed by atoms with Crippen LogP contribution >= 0.6 is 0 Å². The second-order valence-electron chi connectivity index (χ2n) is 7.66. The van der Waals surface area contributed by atoms with Crippen LogP contribution in [0.3, 0.4) is 0 Å². The number of quaternary nitrogens is 1. The smallest absolute Gasteiger partial charge is 0.232 e. The zero-order chi connectivity index (χ0) is 20.9. The van der Waals surface area contributed by atoms with E-state index in [1.54, 1.807) is 0 Å². The predicted molar refractivity (Wildman–Crippen MR) is 118 cm³/mol. The Kier molecular flexibility index (Phi) is 6.09. The molecule has 3 aromatic rings. The molecule has 7 heteroatoms. The number of aryl methyl sites for hydroxylation is 1. The zero-order valence-electron chi connectivity index (χ0n) is 17.6. The molecular weight excluding hydrogens is 376 g/mol. The molecule has 2 atom stereocenters. The van der Waals surface area contributed by atoms with Crippen LogP contribution in [0.4, 0.5) is 17.6 Å². The lowest BCUT2D eigenvalue weighted by atomic mass is 10.0. The largest absolute Gasteiger partial charge is 0.494 e. The number of likely N-dealkylation sites (tertiary alicyclic amines) is 1. The molecule has 0 bridgehead atoms. The second kappa shape index (κ2) is 9.09. The van der Waals surface area contributed by atoms with Crippen molar-refractivity contribution in [1.82, 2.24) is 15.0 Å². The molecule has 156 valence electrons. The first-order valence-corrected chi connectivity index (χ1v) is 10.5. The summed E-state index contributed by atoms with van der Waals surface area (Å²) in [6, 6.07) is 16.9. The van der Waals surface area contributed by atoms with E-state index in [0.29, 0.717) is 31.0 Å². The number of ether oxygens (including phenoxy) is 1. The number of nitrogen functional groups attached to an aromatic ring is 1. The van der Waals surface area contributed by atoms with Gasteiger partial charge in [-0.3, -0.25) is 0 Å². The number of nitrogens with two attached hydrogens (primary N) is 1. The number of nitrogens with one attached hydrogen (secondary N) is 2.